The van der Waals surface area contributed by atoms with Crippen LogP contribution in [0.15, 0.2) is 24.4 Å². The summed E-state index contributed by atoms with van der Waals surface area (Å²) in [5.74, 6) is 0.245. The van der Waals surface area contributed by atoms with Crippen LogP contribution in [0.4, 0.5) is 0 Å². The van der Waals surface area contributed by atoms with Crippen LogP contribution in [0.5, 0.6) is 0 Å². The molecule has 0 aromatic carbocycles. The van der Waals surface area contributed by atoms with Gasteiger partial charge >= 0.3 is 0 Å². The Balaban J connectivity index is 1.61. The summed E-state index contributed by atoms with van der Waals surface area (Å²) >= 11 is 0. The number of rotatable bonds is 4. The molecule has 0 bridgehead atoms. The number of hydrogen-bond donors (Lipinski definition) is 0. The number of carbonyl (C=O) groups is 1. The largest absolute Gasteiger partial charge is 0.338 e. The Kier molecular flexibility index (Phi) is 4.54. The molecule has 2 atom stereocenters. The van der Waals surface area contributed by atoms with E-state index in [1.807, 2.05) is 12.3 Å². The van der Waals surface area contributed by atoms with Crippen molar-refractivity contribution in [1.29, 1.82) is 0 Å². The van der Waals surface area contributed by atoms with E-state index in [1.165, 1.54) is 25.8 Å². The van der Waals surface area contributed by atoms with Crippen LogP contribution in [-0.4, -0.2) is 52.4 Å². The summed E-state index contributed by atoms with van der Waals surface area (Å²) in [5, 5.41) is 0. The second kappa shape index (κ2) is 6.56. The number of nitrogens with zero attached hydrogens (tertiary/aromatic N) is 3. The van der Waals surface area contributed by atoms with Gasteiger partial charge in [0.05, 0.1) is 0 Å². The maximum absolute atomic E-state index is 11.8. The van der Waals surface area contributed by atoms with Crippen LogP contribution in [0.3, 0.4) is 0 Å². The van der Waals surface area contributed by atoms with Gasteiger partial charge in [-0.3, -0.25) is 14.7 Å². The normalized spacial score (nSPS) is 26.4. The van der Waals surface area contributed by atoms with Gasteiger partial charge in [0, 0.05) is 50.4 Å². The van der Waals surface area contributed by atoms with Crippen LogP contribution in [0.2, 0.25) is 0 Å². The Bertz CT molecular complexity index is 476. The van der Waals surface area contributed by atoms with E-state index >= 15 is 0 Å². The Morgan fingerprint density at radius 2 is 2.05 bits per heavy atom. The fourth-order valence-corrected chi connectivity index (χ4v) is 3.95. The first-order chi connectivity index (χ1) is 10.3. The maximum atomic E-state index is 11.8. The topological polar surface area (TPSA) is 36.4 Å². The molecule has 3 rings (SSSR count). The van der Waals surface area contributed by atoms with Crippen molar-refractivity contribution in [1.82, 2.24) is 14.8 Å². The molecule has 0 aliphatic carbocycles. The number of hydrogen-bond acceptors (Lipinski definition) is 3. The van der Waals surface area contributed by atoms with E-state index in [4.69, 9.17) is 0 Å². The van der Waals surface area contributed by atoms with Gasteiger partial charge < -0.3 is 4.90 Å². The third-order valence-electron chi connectivity index (χ3n) is 4.94. The van der Waals surface area contributed by atoms with E-state index in [0.29, 0.717) is 12.1 Å². The average Bonchev–Trinajstić information content (AvgIpc) is 3.14. The van der Waals surface area contributed by atoms with Crippen LogP contribution in [0.25, 0.3) is 0 Å². The zero-order valence-electron chi connectivity index (χ0n) is 12.9. The van der Waals surface area contributed by atoms with Crippen molar-refractivity contribution in [3.8, 4) is 0 Å². The molecule has 0 spiro atoms. The van der Waals surface area contributed by atoms with Gasteiger partial charge in [0.1, 0.15) is 0 Å². The molecular formula is C17H25N3O. The highest BCUT2D eigenvalue weighted by Gasteiger charge is 2.38. The molecule has 1 aromatic rings. The van der Waals surface area contributed by atoms with E-state index in [-0.39, 0.29) is 5.91 Å². The van der Waals surface area contributed by atoms with Gasteiger partial charge in [0.25, 0.3) is 0 Å². The standard InChI is InChI=1S/C17H25N3O/c1-14(21)20-12-5-8-17(20)16-7-4-11-19(16)13-9-15-6-2-3-10-18-15/h2-3,6,10,16-17H,4-5,7-9,11-13H2,1H3/t16-,17-/m1/s1. The number of likely N-dealkylation sites (tertiary alicyclic amines) is 2. The van der Waals surface area contributed by atoms with Gasteiger partial charge in [-0.2, -0.15) is 0 Å². The minimum atomic E-state index is 0.245. The summed E-state index contributed by atoms with van der Waals surface area (Å²) in [5.41, 5.74) is 1.16. The fourth-order valence-electron chi connectivity index (χ4n) is 3.95. The zero-order chi connectivity index (χ0) is 14.7. The molecule has 2 aliphatic rings. The number of aromatic nitrogens is 1. The quantitative estimate of drug-likeness (QED) is 0.851. The summed E-state index contributed by atoms with van der Waals surface area (Å²) in [7, 11) is 0. The molecule has 4 nitrogen and oxygen atoms in total. The highest BCUT2D eigenvalue weighted by atomic mass is 16.2. The summed E-state index contributed by atoms with van der Waals surface area (Å²) in [4.78, 5) is 20.9. The molecule has 1 aromatic heterocycles. The molecule has 0 radical (unpaired) electrons. The molecule has 1 amide bonds. The van der Waals surface area contributed by atoms with E-state index in [9.17, 15) is 4.79 Å². The van der Waals surface area contributed by atoms with Crippen LogP contribution in [0.1, 0.15) is 38.3 Å². The molecule has 0 N–H and O–H groups in total. The highest BCUT2D eigenvalue weighted by Crippen LogP contribution is 2.30. The Labute approximate surface area is 127 Å². The molecule has 0 unspecified atom stereocenters. The minimum Gasteiger partial charge on any atom is -0.338 e. The van der Waals surface area contributed by atoms with Crippen LogP contribution < -0.4 is 0 Å². The summed E-state index contributed by atoms with van der Waals surface area (Å²) < 4.78 is 0. The first-order valence-electron chi connectivity index (χ1n) is 8.17. The van der Waals surface area contributed by atoms with Crippen LogP contribution >= 0.6 is 0 Å². The predicted molar refractivity (Wildman–Crippen MR) is 82.9 cm³/mol. The molecule has 2 aliphatic heterocycles. The van der Waals surface area contributed by atoms with Crippen molar-refractivity contribution >= 4 is 5.91 Å². The van der Waals surface area contributed by atoms with E-state index in [2.05, 4.69) is 26.9 Å². The van der Waals surface area contributed by atoms with E-state index in [1.54, 1.807) is 6.92 Å². The number of amides is 1. The molecule has 2 saturated heterocycles. The lowest BCUT2D eigenvalue weighted by Gasteiger charge is -2.34. The lowest BCUT2D eigenvalue weighted by molar-refractivity contribution is -0.130. The van der Waals surface area contributed by atoms with E-state index in [0.717, 1.165) is 31.6 Å². The van der Waals surface area contributed by atoms with Crippen molar-refractivity contribution in [3.63, 3.8) is 0 Å². The Hall–Kier alpha value is -1.42. The minimum absolute atomic E-state index is 0.245. The van der Waals surface area contributed by atoms with E-state index < -0.39 is 0 Å². The maximum Gasteiger partial charge on any atom is 0.219 e. The van der Waals surface area contributed by atoms with Crippen molar-refractivity contribution < 1.29 is 4.79 Å². The second-order valence-corrected chi connectivity index (χ2v) is 6.24. The van der Waals surface area contributed by atoms with Crippen LogP contribution in [-0.2, 0) is 11.2 Å². The second-order valence-electron chi connectivity index (χ2n) is 6.24. The zero-order valence-corrected chi connectivity index (χ0v) is 12.9. The monoisotopic (exact) mass is 287 g/mol. The molecular weight excluding hydrogens is 262 g/mol. The van der Waals surface area contributed by atoms with Gasteiger partial charge in [-0.25, -0.2) is 0 Å². The molecule has 3 heterocycles. The van der Waals surface area contributed by atoms with Crippen molar-refractivity contribution in [2.75, 3.05) is 19.6 Å². The smallest absolute Gasteiger partial charge is 0.219 e. The molecule has 2 fully saturated rings. The predicted octanol–water partition coefficient (Wildman–Crippen LogP) is 2.10. The third kappa shape index (κ3) is 3.26. The molecule has 21 heavy (non-hydrogen) atoms. The average molecular weight is 287 g/mol. The fraction of sp³-hybridized carbons (Fsp3) is 0.647. The van der Waals surface area contributed by atoms with Crippen LogP contribution in [0, 0.1) is 0 Å². The Morgan fingerprint density at radius 1 is 1.24 bits per heavy atom. The number of carbonyl (C=O) groups excluding carboxylic acids is 1. The van der Waals surface area contributed by atoms with Gasteiger partial charge in [0.15, 0.2) is 0 Å². The summed E-state index contributed by atoms with van der Waals surface area (Å²) in [6, 6.07) is 7.11. The van der Waals surface area contributed by atoms with Gasteiger partial charge in [-0.05, 0) is 44.4 Å². The lowest BCUT2D eigenvalue weighted by atomic mass is 10.0. The van der Waals surface area contributed by atoms with Gasteiger partial charge in [0.2, 0.25) is 5.91 Å². The van der Waals surface area contributed by atoms with Crippen molar-refractivity contribution in [3.05, 3.63) is 30.1 Å². The lowest BCUT2D eigenvalue weighted by Crippen LogP contribution is -2.48. The highest BCUT2D eigenvalue weighted by molar-refractivity contribution is 5.74. The summed E-state index contributed by atoms with van der Waals surface area (Å²) in [6.07, 6.45) is 7.69. The van der Waals surface area contributed by atoms with Gasteiger partial charge in [-0.15, -0.1) is 0 Å². The van der Waals surface area contributed by atoms with Gasteiger partial charge in [-0.1, -0.05) is 6.07 Å². The first-order valence-corrected chi connectivity index (χ1v) is 8.17. The summed E-state index contributed by atoms with van der Waals surface area (Å²) in [6.45, 7) is 4.89. The third-order valence-corrected chi connectivity index (χ3v) is 4.94. The SMILES string of the molecule is CC(=O)N1CCC[C@@H]1[C@H]1CCCN1CCc1ccccn1. The Morgan fingerprint density at radius 3 is 2.81 bits per heavy atom. The van der Waals surface area contributed by atoms with Crippen molar-refractivity contribution in [2.24, 2.45) is 0 Å². The number of pyridine rings is 1. The first kappa shape index (κ1) is 14.5. The van der Waals surface area contributed by atoms with Crippen molar-refractivity contribution in [2.45, 2.75) is 51.1 Å². The molecule has 0 saturated carbocycles. The molecule has 114 valence electrons. The molecule has 4 heteroatoms.